The summed E-state index contributed by atoms with van der Waals surface area (Å²) in [6, 6.07) is 13.8. The van der Waals surface area contributed by atoms with Crippen LogP contribution in [0, 0.1) is 5.92 Å². The number of ether oxygens (including phenoxy) is 2. The smallest absolute Gasteiger partial charge is 0.258 e. The number of hydrogen-bond donors (Lipinski definition) is 1. The number of rotatable bonds is 5. The molecule has 33 heavy (non-hydrogen) atoms. The van der Waals surface area contributed by atoms with Gasteiger partial charge in [-0.25, -0.2) is 4.98 Å². The zero-order valence-corrected chi connectivity index (χ0v) is 19.1. The third kappa shape index (κ3) is 4.20. The van der Waals surface area contributed by atoms with Crippen molar-refractivity contribution < 1.29 is 14.3 Å². The number of carbonyl (C=O) groups excluding carboxylic acids is 1. The van der Waals surface area contributed by atoms with Crippen LogP contribution < -0.4 is 14.8 Å². The van der Waals surface area contributed by atoms with Crippen molar-refractivity contribution in [3.8, 4) is 11.5 Å². The molecule has 3 aromatic rings. The van der Waals surface area contributed by atoms with Crippen LogP contribution in [0.4, 0.5) is 0 Å². The fourth-order valence-corrected chi connectivity index (χ4v) is 5.74. The maximum Gasteiger partial charge on any atom is 0.258 e. The minimum Gasteiger partial charge on any atom is -0.486 e. The standard InChI is InChI=1S/C25H26N4O3S/c30-25(22-12-18-14-26-23-6-3-7-24(33-22)29(18)23)27-13-17-8-10-28(11-9-17)15-19-16-31-20-4-1-2-5-21(20)32-19/h1-7,12,14,17,19H,8-11,13,15-16H2,(H,27,30)/t19-/m0/s1. The zero-order chi connectivity index (χ0) is 22.2. The molecule has 3 aliphatic rings. The maximum absolute atomic E-state index is 12.8. The van der Waals surface area contributed by atoms with Gasteiger partial charge >= 0.3 is 0 Å². The number of piperidine rings is 1. The molecule has 5 heterocycles. The molecule has 0 bridgehead atoms. The highest BCUT2D eigenvalue weighted by atomic mass is 32.2. The van der Waals surface area contributed by atoms with E-state index < -0.39 is 0 Å². The van der Waals surface area contributed by atoms with Gasteiger partial charge in [0, 0.05) is 13.1 Å². The predicted molar refractivity (Wildman–Crippen MR) is 128 cm³/mol. The lowest BCUT2D eigenvalue weighted by Crippen LogP contribution is -2.45. The third-order valence-corrected chi connectivity index (χ3v) is 7.58. The van der Waals surface area contributed by atoms with Gasteiger partial charge in [0.25, 0.3) is 5.91 Å². The van der Waals surface area contributed by atoms with Gasteiger partial charge in [0.05, 0.1) is 21.8 Å². The van der Waals surface area contributed by atoms with Crippen LogP contribution in [0.2, 0.25) is 0 Å². The summed E-state index contributed by atoms with van der Waals surface area (Å²) in [6.45, 7) is 4.20. The molecule has 0 aliphatic carbocycles. The van der Waals surface area contributed by atoms with E-state index in [2.05, 4.69) is 19.6 Å². The van der Waals surface area contributed by atoms with Crippen LogP contribution in [0.5, 0.6) is 11.5 Å². The van der Waals surface area contributed by atoms with Crippen LogP contribution in [0.25, 0.3) is 11.7 Å². The minimum atomic E-state index is -0.00157. The molecule has 0 spiro atoms. The number of para-hydroxylation sites is 2. The van der Waals surface area contributed by atoms with Gasteiger partial charge in [-0.1, -0.05) is 30.0 Å². The highest BCUT2D eigenvalue weighted by molar-refractivity contribution is 8.04. The van der Waals surface area contributed by atoms with Crippen molar-refractivity contribution in [2.45, 2.75) is 24.0 Å². The Hall–Kier alpha value is -2.97. The average Bonchev–Trinajstić information content (AvgIpc) is 3.28. The van der Waals surface area contributed by atoms with Crippen molar-refractivity contribution in [3.63, 3.8) is 0 Å². The van der Waals surface area contributed by atoms with Crippen molar-refractivity contribution in [1.82, 2.24) is 19.6 Å². The number of pyridine rings is 1. The van der Waals surface area contributed by atoms with Gasteiger partial charge in [-0.3, -0.25) is 14.1 Å². The molecule has 3 aliphatic heterocycles. The summed E-state index contributed by atoms with van der Waals surface area (Å²) in [7, 11) is 0. The summed E-state index contributed by atoms with van der Waals surface area (Å²) in [5, 5.41) is 4.19. The number of likely N-dealkylation sites (tertiary alicyclic amines) is 1. The number of thioether (sulfide) groups is 1. The van der Waals surface area contributed by atoms with E-state index in [1.54, 1.807) is 0 Å². The van der Waals surface area contributed by atoms with E-state index in [0.29, 0.717) is 19.1 Å². The zero-order valence-electron chi connectivity index (χ0n) is 18.3. The molecule has 7 nitrogen and oxygen atoms in total. The molecule has 6 rings (SSSR count). The number of nitrogens with zero attached hydrogens (tertiary/aromatic N) is 3. The van der Waals surface area contributed by atoms with E-state index in [1.165, 1.54) is 11.8 Å². The van der Waals surface area contributed by atoms with Crippen molar-refractivity contribution in [2.75, 3.05) is 32.8 Å². The van der Waals surface area contributed by atoms with Crippen molar-refractivity contribution in [2.24, 2.45) is 5.92 Å². The van der Waals surface area contributed by atoms with E-state index in [0.717, 1.165) is 65.2 Å². The second-order valence-corrected chi connectivity index (χ2v) is 9.87. The third-order valence-electron chi connectivity index (χ3n) is 6.53. The first-order valence-corrected chi connectivity index (χ1v) is 12.3. The number of nitrogens with one attached hydrogen (secondary N) is 1. The van der Waals surface area contributed by atoms with Gasteiger partial charge in [-0.15, -0.1) is 0 Å². The highest BCUT2D eigenvalue weighted by Crippen LogP contribution is 2.34. The summed E-state index contributed by atoms with van der Waals surface area (Å²) in [5.74, 6) is 2.16. The molecule has 1 amide bonds. The number of benzene rings is 1. The normalized spacial score (nSPS) is 20.5. The van der Waals surface area contributed by atoms with Crippen molar-refractivity contribution in [3.05, 3.63) is 59.3 Å². The van der Waals surface area contributed by atoms with Crippen LogP contribution in [-0.4, -0.2) is 59.1 Å². The molecule has 0 radical (unpaired) electrons. The lowest BCUT2D eigenvalue weighted by atomic mass is 9.96. The molecule has 1 aromatic carbocycles. The summed E-state index contributed by atoms with van der Waals surface area (Å²) in [6.07, 6.45) is 5.96. The Morgan fingerprint density at radius 3 is 2.85 bits per heavy atom. The molecule has 8 heteroatoms. The fourth-order valence-electron chi connectivity index (χ4n) is 4.74. The van der Waals surface area contributed by atoms with Gasteiger partial charge in [-0.05, 0) is 62.2 Å². The quantitative estimate of drug-likeness (QED) is 0.627. The van der Waals surface area contributed by atoms with E-state index >= 15 is 0 Å². The van der Waals surface area contributed by atoms with Gasteiger partial charge in [0.2, 0.25) is 0 Å². The second kappa shape index (κ2) is 8.76. The number of imidazole rings is 1. The van der Waals surface area contributed by atoms with Crippen LogP contribution >= 0.6 is 11.8 Å². The maximum atomic E-state index is 12.8. The number of carbonyl (C=O) groups is 1. The van der Waals surface area contributed by atoms with E-state index in [4.69, 9.17) is 9.47 Å². The molecule has 1 N–H and O–H groups in total. The Morgan fingerprint density at radius 1 is 1.12 bits per heavy atom. The Labute approximate surface area is 196 Å². The first-order valence-electron chi connectivity index (χ1n) is 11.5. The Kier molecular flexibility index (Phi) is 5.47. The second-order valence-electron chi connectivity index (χ2n) is 8.80. The number of fused-ring (bicyclic) bond motifs is 1. The lowest BCUT2D eigenvalue weighted by molar-refractivity contribution is -0.117. The number of aromatic nitrogens is 2. The summed E-state index contributed by atoms with van der Waals surface area (Å²) in [5.41, 5.74) is 1.86. The van der Waals surface area contributed by atoms with E-state index in [9.17, 15) is 4.79 Å². The molecule has 2 aromatic heterocycles. The van der Waals surface area contributed by atoms with E-state index in [1.807, 2.05) is 54.7 Å². The molecule has 0 saturated carbocycles. The SMILES string of the molecule is O=C(NCC1CCN(C[C@H]2COc3ccccc3O2)CC1)C1=Cc2cnc3cccc(n23)S1. The van der Waals surface area contributed by atoms with Crippen LogP contribution in [0.1, 0.15) is 18.5 Å². The van der Waals surface area contributed by atoms with Crippen LogP contribution in [-0.2, 0) is 4.79 Å². The number of amides is 1. The summed E-state index contributed by atoms with van der Waals surface area (Å²) in [4.78, 5) is 20.4. The molecule has 1 atom stereocenters. The topological polar surface area (TPSA) is 68.1 Å². The molecule has 0 unspecified atom stereocenters. The van der Waals surface area contributed by atoms with Crippen LogP contribution in [0.15, 0.2) is 58.6 Å². The summed E-state index contributed by atoms with van der Waals surface area (Å²) < 4.78 is 14.0. The molecule has 170 valence electrons. The van der Waals surface area contributed by atoms with Gasteiger partial charge in [-0.2, -0.15) is 0 Å². The molecular formula is C25H26N4O3S. The molecular weight excluding hydrogens is 436 g/mol. The Morgan fingerprint density at radius 2 is 1.97 bits per heavy atom. The first-order chi connectivity index (χ1) is 16.2. The van der Waals surface area contributed by atoms with Crippen molar-refractivity contribution in [1.29, 1.82) is 0 Å². The Bertz CT molecular complexity index is 1220. The van der Waals surface area contributed by atoms with Gasteiger partial charge in [0.1, 0.15) is 18.4 Å². The monoisotopic (exact) mass is 462 g/mol. The van der Waals surface area contributed by atoms with Crippen molar-refractivity contribution >= 4 is 29.4 Å². The van der Waals surface area contributed by atoms with Crippen LogP contribution in [0.3, 0.4) is 0 Å². The van der Waals surface area contributed by atoms with E-state index in [-0.39, 0.29) is 12.0 Å². The number of hydrogen-bond acceptors (Lipinski definition) is 6. The molecule has 1 fully saturated rings. The highest BCUT2D eigenvalue weighted by Gasteiger charge is 2.27. The summed E-state index contributed by atoms with van der Waals surface area (Å²) >= 11 is 1.50. The average molecular weight is 463 g/mol. The Balaban J connectivity index is 0.981. The first kappa shape index (κ1) is 20.6. The largest absolute Gasteiger partial charge is 0.486 e. The van der Waals surface area contributed by atoms with Gasteiger partial charge in [0.15, 0.2) is 11.5 Å². The fraction of sp³-hybridized carbons (Fsp3) is 0.360. The lowest BCUT2D eigenvalue weighted by Gasteiger charge is -2.35. The minimum absolute atomic E-state index is 0.00157. The predicted octanol–water partition coefficient (Wildman–Crippen LogP) is 3.45. The molecule has 1 saturated heterocycles. The van der Waals surface area contributed by atoms with Gasteiger partial charge < -0.3 is 14.8 Å².